The number of rotatable bonds is 4. The van der Waals surface area contributed by atoms with Gasteiger partial charge in [-0.3, -0.25) is 4.79 Å². The minimum absolute atomic E-state index is 0.0582. The Morgan fingerprint density at radius 1 is 1.48 bits per heavy atom. The first-order chi connectivity index (χ1) is 9.92. The standard InChI is InChI=1S/C14H19Cl2N3O2/c1-14(2,9-15)12(20)19-5-3-4-11(8-19)21-13-17-6-10(16)7-18-13/h6-7,11H,3-5,8-9H2,1-2H3. The van der Waals surface area contributed by atoms with Crippen molar-refractivity contribution in [3.05, 3.63) is 17.4 Å². The van der Waals surface area contributed by atoms with Gasteiger partial charge in [0, 0.05) is 12.4 Å². The van der Waals surface area contributed by atoms with E-state index >= 15 is 0 Å². The number of piperidine rings is 1. The van der Waals surface area contributed by atoms with Crippen LogP contribution in [0.5, 0.6) is 6.01 Å². The second kappa shape index (κ2) is 6.79. The molecule has 0 radical (unpaired) electrons. The van der Waals surface area contributed by atoms with Crippen molar-refractivity contribution in [2.75, 3.05) is 19.0 Å². The van der Waals surface area contributed by atoms with E-state index in [9.17, 15) is 4.79 Å². The van der Waals surface area contributed by atoms with E-state index in [0.29, 0.717) is 17.4 Å². The van der Waals surface area contributed by atoms with Gasteiger partial charge in [0.15, 0.2) is 0 Å². The highest BCUT2D eigenvalue weighted by Crippen LogP contribution is 2.24. The first-order valence-electron chi connectivity index (χ1n) is 6.92. The molecule has 2 rings (SSSR count). The summed E-state index contributed by atoms with van der Waals surface area (Å²) < 4.78 is 5.73. The Labute approximate surface area is 134 Å². The van der Waals surface area contributed by atoms with Gasteiger partial charge in [0.2, 0.25) is 5.91 Å². The number of halogens is 2. The van der Waals surface area contributed by atoms with Gasteiger partial charge in [-0.05, 0) is 26.7 Å². The largest absolute Gasteiger partial charge is 0.458 e. The molecule has 1 aliphatic rings. The summed E-state index contributed by atoms with van der Waals surface area (Å²) in [6.45, 7) is 4.98. The summed E-state index contributed by atoms with van der Waals surface area (Å²) in [7, 11) is 0. The molecule has 1 aliphatic heterocycles. The zero-order valence-corrected chi connectivity index (χ0v) is 13.7. The summed E-state index contributed by atoms with van der Waals surface area (Å²) in [4.78, 5) is 22.3. The van der Waals surface area contributed by atoms with E-state index in [1.165, 1.54) is 12.4 Å². The van der Waals surface area contributed by atoms with Crippen LogP contribution in [0.1, 0.15) is 26.7 Å². The van der Waals surface area contributed by atoms with Crippen LogP contribution in [0.25, 0.3) is 0 Å². The molecule has 1 unspecified atom stereocenters. The van der Waals surface area contributed by atoms with Gasteiger partial charge >= 0.3 is 6.01 Å². The number of nitrogens with zero attached hydrogens (tertiary/aromatic N) is 3. The molecular formula is C14H19Cl2N3O2. The van der Waals surface area contributed by atoms with Crippen molar-refractivity contribution in [3.63, 3.8) is 0 Å². The zero-order valence-electron chi connectivity index (χ0n) is 12.2. The van der Waals surface area contributed by atoms with E-state index < -0.39 is 5.41 Å². The van der Waals surface area contributed by atoms with Gasteiger partial charge < -0.3 is 9.64 Å². The topological polar surface area (TPSA) is 55.3 Å². The first-order valence-corrected chi connectivity index (χ1v) is 7.83. The molecule has 1 aromatic rings. The van der Waals surface area contributed by atoms with Crippen LogP contribution in [0.3, 0.4) is 0 Å². The number of hydrogen-bond donors (Lipinski definition) is 0. The molecule has 116 valence electrons. The van der Waals surface area contributed by atoms with Gasteiger partial charge in [0.25, 0.3) is 0 Å². The van der Waals surface area contributed by atoms with E-state index in [-0.39, 0.29) is 18.0 Å². The van der Waals surface area contributed by atoms with Gasteiger partial charge in [0.05, 0.1) is 29.4 Å². The van der Waals surface area contributed by atoms with Crippen molar-refractivity contribution in [1.82, 2.24) is 14.9 Å². The van der Waals surface area contributed by atoms with Gasteiger partial charge in [0.1, 0.15) is 6.10 Å². The van der Waals surface area contributed by atoms with E-state index in [2.05, 4.69) is 9.97 Å². The Morgan fingerprint density at radius 2 is 2.14 bits per heavy atom. The number of alkyl halides is 1. The van der Waals surface area contributed by atoms with Crippen LogP contribution < -0.4 is 4.74 Å². The Hall–Kier alpha value is -1.07. The maximum atomic E-state index is 12.4. The van der Waals surface area contributed by atoms with Crippen LogP contribution in [0.2, 0.25) is 5.02 Å². The van der Waals surface area contributed by atoms with E-state index in [0.717, 1.165) is 19.4 Å². The molecule has 1 saturated heterocycles. The maximum absolute atomic E-state index is 12.4. The zero-order chi connectivity index (χ0) is 15.5. The molecule has 1 amide bonds. The fourth-order valence-electron chi connectivity index (χ4n) is 2.21. The molecule has 0 N–H and O–H groups in total. The predicted molar refractivity (Wildman–Crippen MR) is 81.8 cm³/mol. The number of likely N-dealkylation sites (tertiary alicyclic amines) is 1. The minimum atomic E-state index is -0.555. The summed E-state index contributed by atoms with van der Waals surface area (Å²) in [6.07, 6.45) is 4.65. The Bertz CT molecular complexity index is 493. The van der Waals surface area contributed by atoms with Crippen LogP contribution in [0.4, 0.5) is 0 Å². The smallest absolute Gasteiger partial charge is 0.316 e. The van der Waals surface area contributed by atoms with E-state index in [1.54, 1.807) is 0 Å². The Kier molecular flexibility index (Phi) is 5.27. The van der Waals surface area contributed by atoms with Gasteiger partial charge in [-0.1, -0.05) is 11.6 Å². The molecule has 0 spiro atoms. The summed E-state index contributed by atoms with van der Waals surface area (Å²) in [5.41, 5.74) is -0.555. The molecule has 0 aliphatic carbocycles. The highest BCUT2D eigenvalue weighted by atomic mass is 35.5. The molecular weight excluding hydrogens is 313 g/mol. The van der Waals surface area contributed by atoms with Crippen LogP contribution in [0.15, 0.2) is 12.4 Å². The number of ether oxygens (including phenoxy) is 1. The molecule has 21 heavy (non-hydrogen) atoms. The second-order valence-electron chi connectivity index (χ2n) is 5.83. The summed E-state index contributed by atoms with van der Waals surface area (Å²) in [6, 6.07) is 0.287. The monoisotopic (exact) mass is 331 g/mol. The molecule has 5 nitrogen and oxygen atoms in total. The van der Waals surface area contributed by atoms with E-state index in [4.69, 9.17) is 27.9 Å². The molecule has 2 heterocycles. The van der Waals surface area contributed by atoms with Gasteiger partial charge in [-0.15, -0.1) is 11.6 Å². The normalized spacial score (nSPS) is 19.4. The molecule has 0 bridgehead atoms. The fourth-order valence-corrected chi connectivity index (χ4v) is 2.43. The lowest BCUT2D eigenvalue weighted by molar-refractivity contribution is -0.142. The highest BCUT2D eigenvalue weighted by molar-refractivity contribution is 6.30. The fraction of sp³-hybridized carbons (Fsp3) is 0.643. The number of hydrogen-bond acceptors (Lipinski definition) is 4. The van der Waals surface area contributed by atoms with Crippen molar-refractivity contribution in [2.45, 2.75) is 32.8 Å². The molecule has 7 heteroatoms. The quantitative estimate of drug-likeness (QED) is 0.796. The number of amides is 1. The number of carbonyl (C=O) groups excluding carboxylic acids is 1. The lowest BCUT2D eigenvalue weighted by Crippen LogP contribution is -2.49. The van der Waals surface area contributed by atoms with Crippen LogP contribution in [-0.2, 0) is 4.79 Å². The van der Waals surface area contributed by atoms with Crippen molar-refractivity contribution < 1.29 is 9.53 Å². The van der Waals surface area contributed by atoms with Crippen LogP contribution in [-0.4, -0.2) is 45.8 Å². The van der Waals surface area contributed by atoms with Gasteiger partial charge in [-0.2, -0.15) is 0 Å². The number of carbonyl (C=O) groups is 1. The lowest BCUT2D eigenvalue weighted by Gasteiger charge is -2.36. The highest BCUT2D eigenvalue weighted by Gasteiger charge is 2.34. The van der Waals surface area contributed by atoms with Crippen molar-refractivity contribution in [3.8, 4) is 6.01 Å². The summed E-state index contributed by atoms with van der Waals surface area (Å²) in [5.74, 6) is 0.358. The third-order valence-electron chi connectivity index (χ3n) is 3.45. The predicted octanol–water partition coefficient (Wildman–Crippen LogP) is 2.76. The molecule has 0 aromatic carbocycles. The number of aromatic nitrogens is 2. The Balaban J connectivity index is 1.97. The van der Waals surface area contributed by atoms with Crippen molar-refractivity contribution >= 4 is 29.1 Å². The van der Waals surface area contributed by atoms with Crippen LogP contribution in [0, 0.1) is 5.41 Å². The third kappa shape index (κ3) is 4.20. The second-order valence-corrected chi connectivity index (χ2v) is 6.54. The minimum Gasteiger partial charge on any atom is -0.458 e. The molecule has 1 atom stereocenters. The summed E-state index contributed by atoms with van der Waals surface area (Å²) in [5, 5.41) is 0.465. The molecule has 0 saturated carbocycles. The summed E-state index contributed by atoms with van der Waals surface area (Å²) >= 11 is 11.6. The van der Waals surface area contributed by atoms with Crippen molar-refractivity contribution in [2.24, 2.45) is 5.41 Å². The van der Waals surface area contributed by atoms with E-state index in [1.807, 2.05) is 18.7 Å². The third-order valence-corrected chi connectivity index (χ3v) is 4.31. The molecule has 1 aromatic heterocycles. The SMILES string of the molecule is CC(C)(CCl)C(=O)N1CCCC(Oc2ncc(Cl)cn2)C1. The average molecular weight is 332 g/mol. The first kappa shape index (κ1) is 16.3. The van der Waals surface area contributed by atoms with Crippen molar-refractivity contribution in [1.29, 1.82) is 0 Å². The van der Waals surface area contributed by atoms with Crippen LogP contribution >= 0.6 is 23.2 Å². The molecule has 1 fully saturated rings. The maximum Gasteiger partial charge on any atom is 0.316 e. The lowest BCUT2D eigenvalue weighted by atomic mass is 9.93. The average Bonchev–Trinajstić information content (AvgIpc) is 2.49. The van der Waals surface area contributed by atoms with Gasteiger partial charge in [-0.25, -0.2) is 9.97 Å². The Morgan fingerprint density at radius 3 is 2.76 bits per heavy atom.